The van der Waals surface area contributed by atoms with Crippen molar-refractivity contribution >= 4 is 0 Å². The Balaban J connectivity index is 2.07. The van der Waals surface area contributed by atoms with Crippen LogP contribution in [-0.4, -0.2) is 0 Å². The Kier molecular flexibility index (Phi) is 3.68. The highest BCUT2D eigenvalue weighted by Gasteiger charge is 2.21. The molecule has 0 saturated heterocycles. The van der Waals surface area contributed by atoms with Crippen molar-refractivity contribution in [1.82, 2.24) is 0 Å². The van der Waals surface area contributed by atoms with Gasteiger partial charge in [0.05, 0.1) is 0 Å². The average molecular weight is 250 g/mol. The summed E-state index contributed by atoms with van der Waals surface area (Å²) in [4.78, 5) is 0. The van der Waals surface area contributed by atoms with Crippen LogP contribution in [0.15, 0.2) is 71.4 Å². The molecule has 98 valence electrons. The lowest BCUT2D eigenvalue weighted by Crippen LogP contribution is -2.04. The van der Waals surface area contributed by atoms with Gasteiger partial charge in [0.15, 0.2) is 0 Å². The van der Waals surface area contributed by atoms with Crippen LogP contribution in [0.4, 0.5) is 0 Å². The Labute approximate surface area is 116 Å². The summed E-state index contributed by atoms with van der Waals surface area (Å²) in [6, 6.07) is 0. The second-order valence-corrected chi connectivity index (χ2v) is 5.71. The van der Waals surface area contributed by atoms with Gasteiger partial charge in [-0.2, -0.15) is 0 Å². The normalized spacial score (nSPS) is 26.8. The van der Waals surface area contributed by atoms with Gasteiger partial charge in [-0.1, -0.05) is 68.4 Å². The molecule has 1 fully saturated rings. The van der Waals surface area contributed by atoms with E-state index in [1.54, 1.807) is 0 Å². The van der Waals surface area contributed by atoms with E-state index < -0.39 is 0 Å². The van der Waals surface area contributed by atoms with Gasteiger partial charge in [0.25, 0.3) is 0 Å². The summed E-state index contributed by atoms with van der Waals surface area (Å²) >= 11 is 0. The van der Waals surface area contributed by atoms with Crippen LogP contribution in [0.3, 0.4) is 0 Å². The van der Waals surface area contributed by atoms with Crippen LogP contribution < -0.4 is 0 Å². The molecule has 0 heteroatoms. The minimum atomic E-state index is 0.519. The molecule has 0 aromatic rings. The quantitative estimate of drug-likeness (QED) is 0.537. The lowest BCUT2D eigenvalue weighted by atomic mass is 9.85. The second kappa shape index (κ2) is 5.61. The van der Waals surface area contributed by atoms with Gasteiger partial charge >= 0.3 is 0 Å². The second-order valence-electron chi connectivity index (χ2n) is 5.71. The van der Waals surface area contributed by atoms with Crippen molar-refractivity contribution in [1.29, 1.82) is 0 Å². The minimum Gasteiger partial charge on any atom is -0.0946 e. The van der Waals surface area contributed by atoms with Crippen molar-refractivity contribution in [2.24, 2.45) is 5.92 Å². The maximum atomic E-state index is 4.40. The Morgan fingerprint density at radius 2 is 1.63 bits per heavy atom. The zero-order valence-electron chi connectivity index (χ0n) is 11.6. The molecule has 0 aromatic carbocycles. The summed E-state index contributed by atoms with van der Waals surface area (Å²) in [6.45, 7) is 4.40. The summed E-state index contributed by atoms with van der Waals surface area (Å²) < 4.78 is 0. The number of hydrogen-bond acceptors (Lipinski definition) is 0. The van der Waals surface area contributed by atoms with Crippen LogP contribution in [0.1, 0.15) is 38.5 Å². The fraction of sp³-hybridized carbons (Fsp3) is 0.368. The number of allylic oxidation sites excluding steroid dienone is 11. The van der Waals surface area contributed by atoms with E-state index in [4.69, 9.17) is 0 Å². The van der Waals surface area contributed by atoms with E-state index in [0.29, 0.717) is 5.92 Å². The first-order valence-corrected chi connectivity index (χ1v) is 7.52. The predicted molar refractivity (Wildman–Crippen MR) is 82.9 cm³/mol. The molecule has 0 spiro atoms. The molecule has 1 atom stereocenters. The summed E-state index contributed by atoms with van der Waals surface area (Å²) in [7, 11) is 0. The van der Waals surface area contributed by atoms with E-state index in [9.17, 15) is 0 Å². The van der Waals surface area contributed by atoms with Crippen molar-refractivity contribution in [2.45, 2.75) is 38.5 Å². The van der Waals surface area contributed by atoms with Crippen LogP contribution in [0, 0.1) is 5.92 Å². The highest BCUT2D eigenvalue weighted by atomic mass is 14.3. The zero-order valence-corrected chi connectivity index (χ0v) is 11.6. The molecule has 3 rings (SSSR count). The largest absolute Gasteiger partial charge is 0.0946 e. The van der Waals surface area contributed by atoms with E-state index in [2.05, 4.69) is 49.1 Å². The van der Waals surface area contributed by atoms with E-state index in [0.717, 1.165) is 0 Å². The summed E-state index contributed by atoms with van der Waals surface area (Å²) in [6.07, 6.45) is 23.5. The van der Waals surface area contributed by atoms with Gasteiger partial charge in [-0.05, 0) is 41.6 Å². The molecule has 0 radical (unpaired) electrons. The summed E-state index contributed by atoms with van der Waals surface area (Å²) in [5, 5.41) is 0. The van der Waals surface area contributed by atoms with Crippen molar-refractivity contribution in [3.63, 3.8) is 0 Å². The van der Waals surface area contributed by atoms with Crippen molar-refractivity contribution in [3.05, 3.63) is 71.4 Å². The molecule has 0 aromatic heterocycles. The van der Waals surface area contributed by atoms with Gasteiger partial charge in [-0.3, -0.25) is 0 Å². The van der Waals surface area contributed by atoms with Crippen LogP contribution in [0.2, 0.25) is 0 Å². The number of fused-ring (bicyclic) bond motifs is 1. The molecule has 19 heavy (non-hydrogen) atoms. The van der Waals surface area contributed by atoms with Crippen LogP contribution in [-0.2, 0) is 0 Å². The molecular weight excluding hydrogens is 228 g/mol. The molecule has 3 aliphatic rings. The first-order valence-electron chi connectivity index (χ1n) is 7.52. The lowest BCUT2D eigenvalue weighted by Gasteiger charge is -2.19. The Hall–Kier alpha value is -1.56. The van der Waals surface area contributed by atoms with Crippen LogP contribution >= 0.6 is 0 Å². The summed E-state index contributed by atoms with van der Waals surface area (Å²) in [5.41, 5.74) is 5.54. The molecule has 0 heterocycles. The van der Waals surface area contributed by atoms with Crippen molar-refractivity contribution < 1.29 is 0 Å². The maximum Gasteiger partial charge on any atom is 0.00213 e. The highest BCUT2D eigenvalue weighted by molar-refractivity contribution is 5.61. The standard InChI is InChI=1S/C19H22/c1-15-16-9-4-2-3-5-10-17-11-6-7-13-18(15)19(17)14-8-12-16/h6-8,11-14,16H,1-5,9-10H2. The minimum absolute atomic E-state index is 0.519. The lowest BCUT2D eigenvalue weighted by molar-refractivity contribution is 0.573. The van der Waals surface area contributed by atoms with Gasteiger partial charge in [-0.25, -0.2) is 0 Å². The first kappa shape index (κ1) is 12.5. The first-order chi connectivity index (χ1) is 9.36. The van der Waals surface area contributed by atoms with Gasteiger partial charge in [-0.15, -0.1) is 0 Å². The van der Waals surface area contributed by atoms with Gasteiger partial charge in [0, 0.05) is 5.92 Å². The molecule has 0 amide bonds. The van der Waals surface area contributed by atoms with E-state index in [-0.39, 0.29) is 0 Å². The Morgan fingerprint density at radius 3 is 2.58 bits per heavy atom. The van der Waals surface area contributed by atoms with E-state index in [1.165, 1.54) is 60.8 Å². The van der Waals surface area contributed by atoms with Gasteiger partial charge in [0.1, 0.15) is 0 Å². The van der Waals surface area contributed by atoms with Crippen molar-refractivity contribution in [2.75, 3.05) is 0 Å². The SMILES string of the molecule is C=C1C2=CC=CC=C3CCCCCCC1C=CC=C32. The van der Waals surface area contributed by atoms with Gasteiger partial charge < -0.3 is 0 Å². The van der Waals surface area contributed by atoms with Gasteiger partial charge in [0.2, 0.25) is 0 Å². The topological polar surface area (TPSA) is 0 Å². The fourth-order valence-electron chi connectivity index (χ4n) is 3.28. The van der Waals surface area contributed by atoms with Crippen molar-refractivity contribution in [3.8, 4) is 0 Å². The molecular formula is C19H22. The molecule has 1 saturated carbocycles. The fourth-order valence-corrected chi connectivity index (χ4v) is 3.28. The van der Waals surface area contributed by atoms with Crippen LogP contribution in [0.5, 0.6) is 0 Å². The molecule has 1 unspecified atom stereocenters. The third-order valence-electron chi connectivity index (χ3n) is 4.42. The molecule has 0 nitrogen and oxygen atoms in total. The van der Waals surface area contributed by atoms with E-state index >= 15 is 0 Å². The van der Waals surface area contributed by atoms with E-state index in [1.807, 2.05) is 0 Å². The smallest absolute Gasteiger partial charge is 0.00213 e. The Bertz CT molecular complexity index is 520. The predicted octanol–water partition coefficient (Wildman–Crippen LogP) is 5.43. The molecule has 4 bridgehead atoms. The number of hydrogen-bond donors (Lipinski definition) is 0. The third kappa shape index (κ3) is 2.58. The maximum absolute atomic E-state index is 4.40. The monoisotopic (exact) mass is 250 g/mol. The molecule has 0 N–H and O–H groups in total. The zero-order chi connectivity index (χ0) is 13.1. The molecule has 0 aliphatic heterocycles. The number of rotatable bonds is 0. The Morgan fingerprint density at radius 1 is 0.842 bits per heavy atom. The summed E-state index contributed by atoms with van der Waals surface area (Å²) in [5.74, 6) is 0.519. The highest BCUT2D eigenvalue weighted by Crippen LogP contribution is 2.38. The average Bonchev–Trinajstić information content (AvgIpc) is 2.69. The third-order valence-corrected chi connectivity index (χ3v) is 4.42. The molecule has 3 aliphatic carbocycles. The van der Waals surface area contributed by atoms with Crippen LogP contribution in [0.25, 0.3) is 0 Å².